The van der Waals surface area contributed by atoms with Gasteiger partial charge in [-0.25, -0.2) is 4.98 Å². The minimum Gasteiger partial charge on any atom is -0.495 e. The molecule has 0 fully saturated rings. The summed E-state index contributed by atoms with van der Waals surface area (Å²) in [5, 5.41) is 3.74. The molecule has 22 heavy (non-hydrogen) atoms. The summed E-state index contributed by atoms with van der Waals surface area (Å²) in [4.78, 5) is 20.7. The zero-order valence-corrected chi connectivity index (χ0v) is 12.0. The van der Waals surface area contributed by atoms with Crippen molar-refractivity contribution in [3.8, 4) is 16.9 Å². The lowest BCUT2D eigenvalue weighted by atomic mass is 10.0. The van der Waals surface area contributed by atoms with Crippen LogP contribution in [0.4, 0.5) is 0 Å². The number of para-hydroxylation sites is 1. The number of carbonyl (C=O) groups excluding carboxylic acids is 1. The number of fused-ring (bicyclic) bond motifs is 2. The molecule has 2 aromatic heterocycles. The van der Waals surface area contributed by atoms with Gasteiger partial charge in [0.15, 0.2) is 0 Å². The van der Waals surface area contributed by atoms with E-state index in [2.05, 4.69) is 15.3 Å². The lowest BCUT2D eigenvalue weighted by Crippen LogP contribution is -2.12. The van der Waals surface area contributed by atoms with Crippen molar-refractivity contribution in [3.05, 3.63) is 54.0 Å². The van der Waals surface area contributed by atoms with Crippen molar-refractivity contribution < 1.29 is 9.53 Å². The number of rotatable bonds is 2. The van der Waals surface area contributed by atoms with E-state index in [1.165, 1.54) is 0 Å². The minimum absolute atomic E-state index is 0.0575. The van der Waals surface area contributed by atoms with Crippen LogP contribution in [-0.4, -0.2) is 23.0 Å². The van der Waals surface area contributed by atoms with Crippen molar-refractivity contribution in [2.24, 2.45) is 0 Å². The van der Waals surface area contributed by atoms with Gasteiger partial charge >= 0.3 is 0 Å². The fraction of sp³-hybridized carbons (Fsp3) is 0.118. The Balaban J connectivity index is 1.96. The van der Waals surface area contributed by atoms with E-state index in [4.69, 9.17) is 4.74 Å². The highest BCUT2D eigenvalue weighted by molar-refractivity contribution is 6.03. The predicted molar refractivity (Wildman–Crippen MR) is 82.7 cm³/mol. The maximum absolute atomic E-state index is 11.8. The number of nitrogens with zero attached hydrogens (tertiary/aromatic N) is 2. The van der Waals surface area contributed by atoms with Crippen molar-refractivity contribution in [2.45, 2.75) is 6.54 Å². The third-order valence-corrected chi connectivity index (χ3v) is 3.85. The quantitative estimate of drug-likeness (QED) is 0.788. The van der Waals surface area contributed by atoms with Gasteiger partial charge in [-0.2, -0.15) is 0 Å². The Kier molecular flexibility index (Phi) is 2.79. The summed E-state index contributed by atoms with van der Waals surface area (Å²) >= 11 is 0. The van der Waals surface area contributed by atoms with Crippen LogP contribution in [0.25, 0.3) is 22.0 Å². The number of ether oxygens (including phenoxy) is 1. The summed E-state index contributed by atoms with van der Waals surface area (Å²) in [7, 11) is 1.62. The van der Waals surface area contributed by atoms with Crippen LogP contribution in [0.3, 0.4) is 0 Å². The standard InChI is InChI=1S/C17H13N3O2/c1-22-12-5-11(7-18-8-12)13-4-2-3-10-6-14-15(20-16(10)13)9-19-17(14)21/h2-8H,9H2,1H3,(H,19,21). The summed E-state index contributed by atoms with van der Waals surface area (Å²) in [6.45, 7) is 0.481. The van der Waals surface area contributed by atoms with Crippen molar-refractivity contribution in [3.63, 3.8) is 0 Å². The Morgan fingerprint density at radius 2 is 2.09 bits per heavy atom. The number of hydrogen-bond donors (Lipinski definition) is 1. The molecule has 0 bridgehead atoms. The van der Waals surface area contributed by atoms with Crippen molar-refractivity contribution in [1.29, 1.82) is 0 Å². The van der Waals surface area contributed by atoms with E-state index in [0.29, 0.717) is 17.9 Å². The molecule has 108 valence electrons. The Morgan fingerprint density at radius 3 is 2.95 bits per heavy atom. The lowest BCUT2D eigenvalue weighted by molar-refractivity contribution is 0.0966. The molecule has 1 amide bonds. The first-order valence-corrected chi connectivity index (χ1v) is 6.96. The summed E-state index contributed by atoms with van der Waals surface area (Å²) < 4.78 is 5.24. The van der Waals surface area contributed by atoms with Gasteiger partial charge in [0.05, 0.1) is 36.6 Å². The molecule has 0 saturated carbocycles. The topological polar surface area (TPSA) is 64.1 Å². The van der Waals surface area contributed by atoms with Crippen LogP contribution < -0.4 is 10.1 Å². The highest BCUT2D eigenvalue weighted by atomic mass is 16.5. The van der Waals surface area contributed by atoms with Gasteiger partial charge in [-0.05, 0) is 12.1 Å². The maximum atomic E-state index is 11.8. The van der Waals surface area contributed by atoms with Crippen LogP contribution in [0.1, 0.15) is 16.1 Å². The van der Waals surface area contributed by atoms with Crippen LogP contribution in [0.15, 0.2) is 42.7 Å². The third-order valence-electron chi connectivity index (χ3n) is 3.85. The van der Waals surface area contributed by atoms with Gasteiger partial charge < -0.3 is 10.1 Å². The van der Waals surface area contributed by atoms with Gasteiger partial charge in [-0.1, -0.05) is 18.2 Å². The normalized spacial score (nSPS) is 13.0. The average Bonchev–Trinajstić information content (AvgIpc) is 2.93. The van der Waals surface area contributed by atoms with Gasteiger partial charge in [0.1, 0.15) is 5.75 Å². The monoisotopic (exact) mass is 291 g/mol. The summed E-state index contributed by atoms with van der Waals surface area (Å²) in [5.74, 6) is 0.644. The van der Waals surface area contributed by atoms with Crippen LogP contribution in [0.5, 0.6) is 5.75 Å². The molecule has 3 heterocycles. The fourth-order valence-corrected chi connectivity index (χ4v) is 2.74. The minimum atomic E-state index is -0.0575. The van der Waals surface area contributed by atoms with Gasteiger partial charge in [-0.15, -0.1) is 0 Å². The molecule has 0 aliphatic carbocycles. The second-order valence-electron chi connectivity index (χ2n) is 5.16. The molecule has 0 atom stereocenters. The van der Waals surface area contributed by atoms with E-state index >= 15 is 0 Å². The summed E-state index contributed by atoms with van der Waals surface area (Å²) in [5.41, 5.74) is 4.24. The molecule has 5 heteroatoms. The molecular weight excluding hydrogens is 278 g/mol. The predicted octanol–water partition coefficient (Wildman–Crippen LogP) is 2.55. The molecule has 1 aromatic carbocycles. The summed E-state index contributed by atoms with van der Waals surface area (Å²) in [6.07, 6.45) is 3.46. The van der Waals surface area contributed by atoms with E-state index in [9.17, 15) is 4.79 Å². The van der Waals surface area contributed by atoms with Gasteiger partial charge in [0, 0.05) is 22.7 Å². The molecule has 0 unspecified atom stereocenters. The molecule has 0 saturated heterocycles. The van der Waals surface area contributed by atoms with E-state index in [1.54, 1.807) is 19.5 Å². The molecule has 3 aromatic rings. The number of hydrogen-bond acceptors (Lipinski definition) is 4. The van der Waals surface area contributed by atoms with E-state index in [0.717, 1.165) is 27.7 Å². The smallest absolute Gasteiger partial charge is 0.253 e. The Morgan fingerprint density at radius 1 is 1.18 bits per heavy atom. The maximum Gasteiger partial charge on any atom is 0.253 e. The molecule has 0 radical (unpaired) electrons. The van der Waals surface area contributed by atoms with Gasteiger partial charge in [-0.3, -0.25) is 9.78 Å². The van der Waals surface area contributed by atoms with Crippen molar-refractivity contribution >= 4 is 16.8 Å². The number of nitrogens with one attached hydrogen (secondary N) is 1. The molecule has 4 rings (SSSR count). The van der Waals surface area contributed by atoms with Crippen LogP contribution in [0, 0.1) is 0 Å². The molecule has 1 aliphatic heterocycles. The lowest BCUT2D eigenvalue weighted by Gasteiger charge is -2.08. The molecular formula is C17H13N3O2. The summed E-state index contributed by atoms with van der Waals surface area (Å²) in [6, 6.07) is 9.75. The largest absolute Gasteiger partial charge is 0.495 e. The molecule has 1 aliphatic rings. The van der Waals surface area contributed by atoms with Crippen LogP contribution in [0.2, 0.25) is 0 Å². The number of aromatic nitrogens is 2. The van der Waals surface area contributed by atoms with Crippen LogP contribution >= 0.6 is 0 Å². The van der Waals surface area contributed by atoms with Crippen molar-refractivity contribution in [2.75, 3.05) is 7.11 Å². The van der Waals surface area contributed by atoms with E-state index < -0.39 is 0 Å². The Hall–Kier alpha value is -2.95. The first-order valence-electron chi connectivity index (χ1n) is 6.96. The van der Waals surface area contributed by atoms with Gasteiger partial charge in [0.2, 0.25) is 0 Å². The first-order chi connectivity index (χ1) is 10.8. The highest BCUT2D eigenvalue weighted by Gasteiger charge is 2.21. The van der Waals surface area contributed by atoms with Crippen LogP contribution in [-0.2, 0) is 6.54 Å². The Bertz CT molecular complexity index is 906. The molecule has 1 N–H and O–H groups in total. The average molecular weight is 291 g/mol. The van der Waals surface area contributed by atoms with E-state index in [1.807, 2.05) is 30.3 Å². The molecule has 0 spiro atoms. The van der Waals surface area contributed by atoms with Crippen molar-refractivity contribution in [1.82, 2.24) is 15.3 Å². The first kappa shape index (κ1) is 12.8. The number of methoxy groups -OCH3 is 1. The second kappa shape index (κ2) is 4.80. The fourth-order valence-electron chi connectivity index (χ4n) is 2.74. The van der Waals surface area contributed by atoms with Gasteiger partial charge in [0.25, 0.3) is 5.91 Å². The SMILES string of the molecule is COc1cncc(-c2cccc3cc4c(nc23)CNC4=O)c1. The number of pyridine rings is 2. The van der Waals surface area contributed by atoms with E-state index in [-0.39, 0.29) is 5.91 Å². The zero-order valence-electron chi connectivity index (χ0n) is 12.0. The number of amides is 1. The number of carbonyl (C=O) groups is 1. The third kappa shape index (κ3) is 1.90. The Labute approximate surface area is 127 Å². The highest BCUT2D eigenvalue weighted by Crippen LogP contribution is 2.30. The molecule has 5 nitrogen and oxygen atoms in total. The number of benzene rings is 1. The second-order valence-corrected chi connectivity index (χ2v) is 5.16. The zero-order chi connectivity index (χ0) is 15.1.